The Labute approximate surface area is 113 Å². The van der Waals surface area contributed by atoms with Crippen molar-refractivity contribution in [2.24, 2.45) is 5.92 Å². The standard InChI is InChI=1S/C15H19N3O/c1-10-3-5-13(7-11(10)2)15-17-16-14-6-4-12(9-19)8-18(14)15/h3,5,7,12,19H,4,6,8-9H2,1-2H3. The van der Waals surface area contributed by atoms with E-state index in [9.17, 15) is 5.11 Å². The van der Waals surface area contributed by atoms with E-state index >= 15 is 0 Å². The monoisotopic (exact) mass is 257 g/mol. The van der Waals surface area contributed by atoms with Gasteiger partial charge < -0.3 is 9.67 Å². The Bertz CT molecular complexity index is 603. The molecular weight excluding hydrogens is 238 g/mol. The topological polar surface area (TPSA) is 50.9 Å². The summed E-state index contributed by atoms with van der Waals surface area (Å²) in [6, 6.07) is 6.38. The number of benzene rings is 1. The van der Waals surface area contributed by atoms with Crippen molar-refractivity contribution in [3.8, 4) is 11.4 Å². The fourth-order valence-electron chi connectivity index (χ4n) is 2.64. The molecule has 1 aromatic heterocycles. The Morgan fingerprint density at radius 1 is 1.26 bits per heavy atom. The fraction of sp³-hybridized carbons (Fsp3) is 0.467. The second kappa shape index (κ2) is 4.78. The van der Waals surface area contributed by atoms with Crippen molar-refractivity contribution in [1.29, 1.82) is 0 Å². The Kier molecular flexibility index (Phi) is 3.11. The summed E-state index contributed by atoms with van der Waals surface area (Å²) >= 11 is 0. The lowest BCUT2D eigenvalue weighted by molar-refractivity contribution is 0.191. The normalized spacial score (nSPS) is 18.4. The minimum Gasteiger partial charge on any atom is -0.396 e. The van der Waals surface area contributed by atoms with Crippen LogP contribution in [-0.2, 0) is 13.0 Å². The van der Waals surface area contributed by atoms with Gasteiger partial charge in [-0.15, -0.1) is 10.2 Å². The van der Waals surface area contributed by atoms with E-state index in [1.54, 1.807) is 0 Å². The SMILES string of the molecule is Cc1ccc(-c2nnc3n2CC(CO)CC3)cc1C. The van der Waals surface area contributed by atoms with E-state index in [1.807, 2.05) is 0 Å². The predicted octanol–water partition coefficient (Wildman–Crippen LogP) is 2.12. The van der Waals surface area contributed by atoms with Crippen LogP contribution >= 0.6 is 0 Å². The van der Waals surface area contributed by atoms with Gasteiger partial charge in [0.1, 0.15) is 5.82 Å². The molecule has 100 valence electrons. The van der Waals surface area contributed by atoms with Gasteiger partial charge in [0.25, 0.3) is 0 Å². The third kappa shape index (κ3) is 2.16. The van der Waals surface area contributed by atoms with Gasteiger partial charge in [0.05, 0.1) is 0 Å². The summed E-state index contributed by atoms with van der Waals surface area (Å²) < 4.78 is 2.16. The molecule has 19 heavy (non-hydrogen) atoms. The Morgan fingerprint density at radius 3 is 2.84 bits per heavy atom. The largest absolute Gasteiger partial charge is 0.396 e. The van der Waals surface area contributed by atoms with Crippen molar-refractivity contribution in [1.82, 2.24) is 14.8 Å². The second-order valence-corrected chi connectivity index (χ2v) is 5.44. The van der Waals surface area contributed by atoms with Crippen molar-refractivity contribution < 1.29 is 5.11 Å². The van der Waals surface area contributed by atoms with Crippen LogP contribution in [0, 0.1) is 19.8 Å². The molecular formula is C15H19N3O. The highest BCUT2D eigenvalue weighted by Crippen LogP contribution is 2.26. The molecule has 1 aliphatic rings. The number of aliphatic hydroxyl groups is 1. The third-order valence-electron chi connectivity index (χ3n) is 4.07. The van der Waals surface area contributed by atoms with E-state index in [4.69, 9.17) is 0 Å². The van der Waals surface area contributed by atoms with Gasteiger partial charge in [-0.25, -0.2) is 0 Å². The molecule has 0 fully saturated rings. The maximum Gasteiger partial charge on any atom is 0.163 e. The number of nitrogens with zero attached hydrogens (tertiary/aromatic N) is 3. The summed E-state index contributed by atoms with van der Waals surface area (Å²) in [5, 5.41) is 18.0. The fourth-order valence-corrected chi connectivity index (χ4v) is 2.64. The van der Waals surface area contributed by atoms with Crippen LogP contribution in [0.2, 0.25) is 0 Å². The van der Waals surface area contributed by atoms with E-state index in [0.29, 0.717) is 5.92 Å². The Hall–Kier alpha value is -1.68. The maximum absolute atomic E-state index is 9.34. The van der Waals surface area contributed by atoms with E-state index in [2.05, 4.69) is 46.8 Å². The summed E-state index contributed by atoms with van der Waals surface area (Å²) in [4.78, 5) is 0. The van der Waals surface area contributed by atoms with Crippen LogP contribution in [0.1, 0.15) is 23.4 Å². The molecule has 3 rings (SSSR count). The molecule has 0 bridgehead atoms. The van der Waals surface area contributed by atoms with Gasteiger partial charge in [0, 0.05) is 31.1 Å². The van der Waals surface area contributed by atoms with E-state index in [1.165, 1.54) is 11.1 Å². The third-order valence-corrected chi connectivity index (χ3v) is 4.07. The van der Waals surface area contributed by atoms with Gasteiger partial charge >= 0.3 is 0 Å². The molecule has 0 spiro atoms. The number of fused-ring (bicyclic) bond motifs is 1. The zero-order valence-electron chi connectivity index (χ0n) is 11.4. The number of hydrogen-bond donors (Lipinski definition) is 1. The van der Waals surface area contributed by atoms with Crippen molar-refractivity contribution in [3.05, 3.63) is 35.2 Å². The summed E-state index contributed by atoms with van der Waals surface area (Å²) in [6.45, 7) is 5.29. The van der Waals surface area contributed by atoms with Gasteiger partial charge in [-0.3, -0.25) is 0 Å². The number of rotatable bonds is 2. The summed E-state index contributed by atoms with van der Waals surface area (Å²) in [5.74, 6) is 2.29. The molecule has 1 N–H and O–H groups in total. The molecule has 0 saturated carbocycles. The second-order valence-electron chi connectivity index (χ2n) is 5.44. The zero-order valence-corrected chi connectivity index (χ0v) is 11.4. The number of aromatic nitrogens is 3. The maximum atomic E-state index is 9.34. The summed E-state index contributed by atoms with van der Waals surface area (Å²) in [5.41, 5.74) is 3.67. The first-order valence-corrected chi connectivity index (χ1v) is 6.79. The predicted molar refractivity (Wildman–Crippen MR) is 73.8 cm³/mol. The van der Waals surface area contributed by atoms with Crippen molar-refractivity contribution in [3.63, 3.8) is 0 Å². The first kappa shape index (κ1) is 12.4. The lowest BCUT2D eigenvalue weighted by Gasteiger charge is -2.22. The molecule has 4 nitrogen and oxygen atoms in total. The lowest BCUT2D eigenvalue weighted by atomic mass is 9.99. The quantitative estimate of drug-likeness (QED) is 0.896. The molecule has 0 saturated heterocycles. The number of aliphatic hydroxyl groups excluding tert-OH is 1. The van der Waals surface area contributed by atoms with Crippen LogP contribution in [0.25, 0.3) is 11.4 Å². The first-order chi connectivity index (χ1) is 9.19. The Morgan fingerprint density at radius 2 is 2.11 bits per heavy atom. The molecule has 0 amide bonds. The van der Waals surface area contributed by atoms with Crippen LogP contribution < -0.4 is 0 Å². The van der Waals surface area contributed by atoms with Gasteiger partial charge in [0.2, 0.25) is 0 Å². The van der Waals surface area contributed by atoms with Crippen molar-refractivity contribution in [2.45, 2.75) is 33.2 Å². The van der Waals surface area contributed by atoms with Gasteiger partial charge in [-0.1, -0.05) is 12.1 Å². The first-order valence-electron chi connectivity index (χ1n) is 6.79. The Balaban J connectivity index is 2.02. The average molecular weight is 257 g/mol. The molecule has 1 aromatic carbocycles. The molecule has 4 heteroatoms. The molecule has 2 heterocycles. The number of hydrogen-bond acceptors (Lipinski definition) is 3. The van der Waals surface area contributed by atoms with Crippen LogP contribution in [0.5, 0.6) is 0 Å². The molecule has 1 aliphatic heterocycles. The number of aryl methyl sites for hydroxylation is 3. The smallest absolute Gasteiger partial charge is 0.163 e. The zero-order chi connectivity index (χ0) is 13.4. The van der Waals surface area contributed by atoms with E-state index in [-0.39, 0.29) is 6.61 Å². The molecule has 2 aromatic rings. The summed E-state index contributed by atoms with van der Waals surface area (Å²) in [7, 11) is 0. The van der Waals surface area contributed by atoms with Gasteiger partial charge in [0.15, 0.2) is 5.82 Å². The molecule has 1 atom stereocenters. The highest BCUT2D eigenvalue weighted by atomic mass is 16.3. The van der Waals surface area contributed by atoms with Gasteiger partial charge in [-0.05, 0) is 37.5 Å². The van der Waals surface area contributed by atoms with Crippen molar-refractivity contribution >= 4 is 0 Å². The summed E-state index contributed by atoms with van der Waals surface area (Å²) in [6.07, 6.45) is 1.91. The molecule has 0 radical (unpaired) electrons. The minimum absolute atomic E-state index is 0.240. The van der Waals surface area contributed by atoms with E-state index < -0.39 is 0 Å². The van der Waals surface area contributed by atoms with Crippen molar-refractivity contribution in [2.75, 3.05) is 6.61 Å². The van der Waals surface area contributed by atoms with Crippen LogP contribution in [-0.4, -0.2) is 26.5 Å². The van der Waals surface area contributed by atoms with Crippen LogP contribution in [0.15, 0.2) is 18.2 Å². The van der Waals surface area contributed by atoms with E-state index in [0.717, 1.165) is 36.6 Å². The molecule has 1 unspecified atom stereocenters. The highest BCUT2D eigenvalue weighted by molar-refractivity contribution is 5.57. The van der Waals surface area contributed by atoms with Crippen LogP contribution in [0.3, 0.4) is 0 Å². The van der Waals surface area contributed by atoms with Crippen LogP contribution in [0.4, 0.5) is 0 Å². The van der Waals surface area contributed by atoms with Gasteiger partial charge in [-0.2, -0.15) is 0 Å². The molecule has 0 aliphatic carbocycles. The highest BCUT2D eigenvalue weighted by Gasteiger charge is 2.22. The minimum atomic E-state index is 0.240. The lowest BCUT2D eigenvalue weighted by Crippen LogP contribution is -2.23. The average Bonchev–Trinajstić information content (AvgIpc) is 2.84.